The topological polar surface area (TPSA) is 110 Å². The van der Waals surface area contributed by atoms with Gasteiger partial charge in [0.15, 0.2) is 9.84 Å². The first-order valence-electron chi connectivity index (χ1n) is 5.94. The molecule has 1 aliphatic heterocycles. The van der Waals surface area contributed by atoms with Crippen LogP contribution in [0.1, 0.15) is 13.8 Å². The molecule has 0 saturated carbocycles. The molecule has 1 saturated heterocycles. The zero-order chi connectivity index (χ0) is 14.8. The fourth-order valence-electron chi connectivity index (χ4n) is 2.15. The van der Waals surface area contributed by atoms with Crippen molar-refractivity contribution in [3.8, 4) is 0 Å². The number of rotatable bonds is 5. The van der Waals surface area contributed by atoms with Crippen LogP contribution < -0.4 is 5.32 Å². The fraction of sp³-hybridized carbons (Fsp3) is 0.818. The van der Waals surface area contributed by atoms with Crippen molar-refractivity contribution >= 4 is 21.7 Å². The van der Waals surface area contributed by atoms with Crippen molar-refractivity contribution in [3.63, 3.8) is 0 Å². The Bertz CT molecular complexity index is 458. The van der Waals surface area contributed by atoms with Gasteiger partial charge in [-0.3, -0.25) is 9.59 Å². The lowest BCUT2D eigenvalue weighted by molar-refractivity contribution is -0.149. The molecule has 1 rings (SSSR count). The summed E-state index contributed by atoms with van der Waals surface area (Å²) in [7, 11) is -1.89. The lowest BCUT2D eigenvalue weighted by Gasteiger charge is -2.22. The second-order valence-electron chi connectivity index (χ2n) is 5.03. The van der Waals surface area contributed by atoms with Crippen LogP contribution in [0, 0.1) is 11.8 Å². The molecule has 110 valence electrons. The molecular weight excluding hydrogens is 274 g/mol. The molecule has 1 amide bonds. The minimum absolute atomic E-state index is 0.159. The van der Waals surface area contributed by atoms with Gasteiger partial charge in [-0.1, -0.05) is 13.8 Å². The maximum atomic E-state index is 11.9. The molecule has 2 N–H and O–H groups in total. The van der Waals surface area contributed by atoms with Gasteiger partial charge in [0.05, 0.1) is 23.7 Å². The SMILES string of the molecule is COC1CS(=O)(=O)CC1NC(=O)C(C(=O)O)C(C)C. The molecule has 0 aromatic rings. The second-order valence-corrected chi connectivity index (χ2v) is 7.18. The summed E-state index contributed by atoms with van der Waals surface area (Å²) < 4.78 is 28.0. The largest absolute Gasteiger partial charge is 0.481 e. The van der Waals surface area contributed by atoms with E-state index < -0.39 is 39.8 Å². The number of nitrogens with one attached hydrogen (secondary N) is 1. The number of carbonyl (C=O) groups excluding carboxylic acids is 1. The van der Waals surface area contributed by atoms with Crippen LogP contribution >= 0.6 is 0 Å². The lowest BCUT2D eigenvalue weighted by atomic mass is 9.94. The number of hydrogen-bond acceptors (Lipinski definition) is 5. The predicted molar refractivity (Wildman–Crippen MR) is 67.3 cm³/mol. The quantitative estimate of drug-likeness (QED) is 0.647. The van der Waals surface area contributed by atoms with Gasteiger partial charge < -0.3 is 15.2 Å². The highest BCUT2D eigenvalue weighted by Gasteiger charge is 2.40. The van der Waals surface area contributed by atoms with Gasteiger partial charge in [-0.15, -0.1) is 0 Å². The van der Waals surface area contributed by atoms with E-state index in [1.54, 1.807) is 13.8 Å². The third-order valence-electron chi connectivity index (χ3n) is 3.15. The van der Waals surface area contributed by atoms with Crippen molar-refractivity contribution in [2.45, 2.75) is 26.0 Å². The van der Waals surface area contributed by atoms with E-state index in [0.717, 1.165) is 0 Å². The predicted octanol–water partition coefficient (Wildman–Crippen LogP) is -0.729. The van der Waals surface area contributed by atoms with Gasteiger partial charge in [0.25, 0.3) is 0 Å². The van der Waals surface area contributed by atoms with Crippen LogP contribution in [0.15, 0.2) is 0 Å². The first-order valence-corrected chi connectivity index (χ1v) is 7.76. The van der Waals surface area contributed by atoms with Crippen LogP contribution in [-0.2, 0) is 24.2 Å². The van der Waals surface area contributed by atoms with E-state index in [0.29, 0.717) is 0 Å². The van der Waals surface area contributed by atoms with Gasteiger partial charge in [-0.05, 0) is 5.92 Å². The number of hydrogen-bond donors (Lipinski definition) is 2. The molecule has 0 radical (unpaired) electrons. The molecule has 0 aliphatic carbocycles. The zero-order valence-corrected chi connectivity index (χ0v) is 11.9. The molecule has 0 bridgehead atoms. The summed E-state index contributed by atoms with van der Waals surface area (Å²) in [4.78, 5) is 22.9. The molecule has 0 spiro atoms. The van der Waals surface area contributed by atoms with Crippen molar-refractivity contribution in [2.75, 3.05) is 18.6 Å². The van der Waals surface area contributed by atoms with E-state index in [9.17, 15) is 18.0 Å². The van der Waals surface area contributed by atoms with E-state index >= 15 is 0 Å². The third kappa shape index (κ3) is 3.90. The lowest BCUT2D eigenvalue weighted by Crippen LogP contribution is -2.48. The molecule has 0 aromatic carbocycles. The van der Waals surface area contributed by atoms with Gasteiger partial charge in [-0.2, -0.15) is 0 Å². The molecule has 3 unspecified atom stereocenters. The van der Waals surface area contributed by atoms with E-state index in [1.807, 2.05) is 0 Å². The Morgan fingerprint density at radius 1 is 1.32 bits per heavy atom. The summed E-state index contributed by atoms with van der Waals surface area (Å²) in [5.74, 6) is -3.85. The number of methoxy groups -OCH3 is 1. The van der Waals surface area contributed by atoms with Crippen LogP contribution in [0.25, 0.3) is 0 Å². The highest BCUT2D eigenvalue weighted by molar-refractivity contribution is 7.91. The number of aliphatic carboxylic acids is 1. The molecule has 1 aliphatic rings. The number of amides is 1. The minimum Gasteiger partial charge on any atom is -0.481 e. The molecule has 0 aromatic heterocycles. The van der Waals surface area contributed by atoms with Crippen LogP contribution in [-0.4, -0.2) is 56.2 Å². The van der Waals surface area contributed by atoms with Gasteiger partial charge in [-0.25, -0.2) is 8.42 Å². The maximum absolute atomic E-state index is 11.9. The summed E-state index contributed by atoms with van der Waals surface area (Å²) in [6.07, 6.45) is -0.629. The number of carboxylic acid groups (broad SMARTS) is 1. The average Bonchev–Trinajstić information content (AvgIpc) is 2.51. The van der Waals surface area contributed by atoms with Crippen LogP contribution in [0.2, 0.25) is 0 Å². The van der Waals surface area contributed by atoms with Crippen molar-refractivity contribution in [2.24, 2.45) is 11.8 Å². The Hall–Kier alpha value is -1.15. The summed E-state index contributed by atoms with van der Waals surface area (Å²) >= 11 is 0. The van der Waals surface area contributed by atoms with E-state index in [1.165, 1.54) is 7.11 Å². The third-order valence-corrected chi connectivity index (χ3v) is 4.85. The first-order chi connectivity index (χ1) is 8.68. The van der Waals surface area contributed by atoms with Gasteiger partial charge >= 0.3 is 5.97 Å². The monoisotopic (exact) mass is 293 g/mol. The molecule has 1 fully saturated rings. The van der Waals surface area contributed by atoms with Gasteiger partial charge in [0, 0.05) is 7.11 Å². The number of carboxylic acids is 1. The molecule has 3 atom stereocenters. The Morgan fingerprint density at radius 3 is 2.32 bits per heavy atom. The van der Waals surface area contributed by atoms with Crippen LogP contribution in [0.5, 0.6) is 0 Å². The summed E-state index contributed by atoms with van der Waals surface area (Å²) in [6, 6.07) is -0.692. The fourth-order valence-corrected chi connectivity index (χ4v) is 4.01. The summed E-state index contributed by atoms with van der Waals surface area (Å²) in [5, 5.41) is 11.5. The van der Waals surface area contributed by atoms with Crippen molar-refractivity contribution in [1.29, 1.82) is 0 Å². The van der Waals surface area contributed by atoms with Crippen molar-refractivity contribution < 1.29 is 27.9 Å². The van der Waals surface area contributed by atoms with E-state index in [4.69, 9.17) is 9.84 Å². The molecular formula is C11H19NO6S. The molecule has 8 heteroatoms. The zero-order valence-electron chi connectivity index (χ0n) is 11.1. The smallest absolute Gasteiger partial charge is 0.316 e. The van der Waals surface area contributed by atoms with Crippen molar-refractivity contribution in [3.05, 3.63) is 0 Å². The van der Waals surface area contributed by atoms with Gasteiger partial charge in [0.1, 0.15) is 5.92 Å². The second kappa shape index (κ2) is 5.87. The Morgan fingerprint density at radius 2 is 1.89 bits per heavy atom. The Balaban J connectivity index is 2.78. The molecule has 19 heavy (non-hydrogen) atoms. The number of ether oxygens (including phenoxy) is 1. The normalized spacial score (nSPS) is 27.2. The Kier molecular flexibility index (Phi) is 4.92. The highest BCUT2D eigenvalue weighted by Crippen LogP contribution is 2.17. The first kappa shape index (κ1) is 15.9. The van der Waals surface area contributed by atoms with Crippen LogP contribution in [0.4, 0.5) is 0 Å². The van der Waals surface area contributed by atoms with E-state index in [2.05, 4.69) is 5.32 Å². The Labute approximate surface area is 112 Å². The molecule has 7 nitrogen and oxygen atoms in total. The highest BCUT2D eigenvalue weighted by atomic mass is 32.2. The van der Waals surface area contributed by atoms with E-state index in [-0.39, 0.29) is 17.4 Å². The summed E-state index contributed by atoms with van der Waals surface area (Å²) in [5.41, 5.74) is 0. The molecule has 1 heterocycles. The van der Waals surface area contributed by atoms with Gasteiger partial charge in [0.2, 0.25) is 5.91 Å². The number of sulfone groups is 1. The minimum atomic E-state index is -3.26. The maximum Gasteiger partial charge on any atom is 0.316 e. The van der Waals surface area contributed by atoms with Crippen LogP contribution in [0.3, 0.4) is 0 Å². The number of carbonyl (C=O) groups is 2. The summed E-state index contributed by atoms with van der Waals surface area (Å²) in [6.45, 7) is 3.25. The average molecular weight is 293 g/mol. The van der Waals surface area contributed by atoms with Crippen molar-refractivity contribution in [1.82, 2.24) is 5.32 Å². The standard InChI is InChI=1S/C11H19NO6S/c1-6(2)9(11(14)15)10(13)12-7-4-19(16,17)5-8(7)18-3/h6-9H,4-5H2,1-3H3,(H,12,13)(H,14,15).